The van der Waals surface area contributed by atoms with Crippen molar-refractivity contribution in [3.63, 3.8) is 0 Å². The molecule has 0 bridgehead atoms. The summed E-state index contributed by atoms with van der Waals surface area (Å²) in [4.78, 5) is 23.9. The first kappa shape index (κ1) is 13.7. The largest absolute Gasteiger partial charge is 0.481 e. The van der Waals surface area contributed by atoms with Crippen molar-refractivity contribution in [1.29, 1.82) is 0 Å². The summed E-state index contributed by atoms with van der Waals surface area (Å²) in [6, 6.07) is 6.87. The first-order valence-corrected chi connectivity index (χ1v) is 7.11. The second kappa shape index (κ2) is 5.24. The van der Waals surface area contributed by atoms with Crippen molar-refractivity contribution in [3.05, 3.63) is 47.2 Å². The van der Waals surface area contributed by atoms with Crippen LogP contribution in [0.2, 0.25) is 0 Å². The first-order valence-electron chi connectivity index (χ1n) is 7.11. The van der Waals surface area contributed by atoms with E-state index >= 15 is 0 Å². The minimum atomic E-state index is -0.830. The van der Waals surface area contributed by atoms with Crippen LogP contribution in [0.15, 0.2) is 28.7 Å². The number of hydrogen-bond donors (Lipinski definition) is 1. The molecule has 3 heterocycles. The number of ketones is 1. The molecule has 0 amide bonds. The first-order chi connectivity index (χ1) is 10.1. The molecular weight excluding hydrogens is 270 g/mol. The Hall–Kier alpha value is -2.30. The molecule has 0 aliphatic carbocycles. The predicted octanol–water partition coefficient (Wildman–Crippen LogP) is 2.97. The van der Waals surface area contributed by atoms with Gasteiger partial charge in [-0.05, 0) is 44.0 Å². The zero-order valence-electron chi connectivity index (χ0n) is 11.8. The molecule has 3 rings (SSSR count). The van der Waals surface area contributed by atoms with Gasteiger partial charge in [0.25, 0.3) is 0 Å². The Labute approximate surface area is 122 Å². The van der Waals surface area contributed by atoms with Gasteiger partial charge in [0.05, 0.1) is 11.6 Å². The van der Waals surface area contributed by atoms with Gasteiger partial charge in [0.1, 0.15) is 5.76 Å². The third-order valence-corrected chi connectivity index (χ3v) is 3.99. The standard InChI is InChI=1S/C16H17NO4/c1-10-5-8-14(21-10)15(18)13-7-6-12-11(16(19)20)4-2-3-9-17(12)13/h5-8,11H,2-4,9H2,1H3,(H,19,20). The summed E-state index contributed by atoms with van der Waals surface area (Å²) in [6.45, 7) is 2.46. The Balaban J connectivity index is 2.02. The Morgan fingerprint density at radius 3 is 2.71 bits per heavy atom. The number of fused-ring (bicyclic) bond motifs is 1. The number of nitrogens with zero attached hydrogens (tertiary/aromatic N) is 1. The fourth-order valence-electron chi connectivity index (χ4n) is 2.93. The van der Waals surface area contributed by atoms with E-state index in [2.05, 4.69) is 0 Å². The maximum Gasteiger partial charge on any atom is 0.312 e. The van der Waals surface area contributed by atoms with E-state index in [1.165, 1.54) is 0 Å². The molecule has 0 fully saturated rings. The average molecular weight is 287 g/mol. The molecule has 21 heavy (non-hydrogen) atoms. The minimum absolute atomic E-state index is 0.194. The minimum Gasteiger partial charge on any atom is -0.481 e. The van der Waals surface area contributed by atoms with Gasteiger partial charge >= 0.3 is 5.97 Å². The molecule has 1 aliphatic heterocycles. The molecule has 1 N–H and O–H groups in total. The maximum atomic E-state index is 12.5. The second-order valence-corrected chi connectivity index (χ2v) is 5.42. The van der Waals surface area contributed by atoms with Crippen LogP contribution < -0.4 is 0 Å². The summed E-state index contributed by atoms with van der Waals surface area (Å²) in [5.74, 6) is -0.578. The molecular formula is C16H17NO4. The fraction of sp³-hybridized carbons (Fsp3) is 0.375. The van der Waals surface area contributed by atoms with Crippen molar-refractivity contribution >= 4 is 11.8 Å². The molecule has 2 aromatic heterocycles. The predicted molar refractivity (Wildman–Crippen MR) is 75.5 cm³/mol. The van der Waals surface area contributed by atoms with E-state index in [0.29, 0.717) is 35.9 Å². The zero-order valence-corrected chi connectivity index (χ0v) is 11.8. The number of aromatic nitrogens is 1. The van der Waals surface area contributed by atoms with Crippen molar-refractivity contribution in [2.45, 2.75) is 38.6 Å². The van der Waals surface area contributed by atoms with Gasteiger partial charge in [0.2, 0.25) is 5.78 Å². The quantitative estimate of drug-likeness (QED) is 0.881. The highest BCUT2D eigenvalue weighted by Crippen LogP contribution is 2.29. The number of rotatable bonds is 3. The number of furan rings is 1. The number of aryl methyl sites for hydroxylation is 1. The molecule has 1 aliphatic rings. The average Bonchev–Trinajstić information content (AvgIpc) is 2.99. The lowest BCUT2D eigenvalue weighted by Crippen LogP contribution is -2.16. The number of carboxylic acids is 1. The summed E-state index contributed by atoms with van der Waals surface area (Å²) >= 11 is 0. The molecule has 1 unspecified atom stereocenters. The lowest BCUT2D eigenvalue weighted by molar-refractivity contribution is -0.139. The van der Waals surface area contributed by atoms with E-state index in [4.69, 9.17) is 4.42 Å². The lowest BCUT2D eigenvalue weighted by Gasteiger charge is -2.12. The van der Waals surface area contributed by atoms with Crippen LogP contribution >= 0.6 is 0 Å². The monoisotopic (exact) mass is 287 g/mol. The molecule has 5 nitrogen and oxygen atoms in total. The highest BCUT2D eigenvalue weighted by Gasteiger charge is 2.28. The molecule has 1 atom stereocenters. The second-order valence-electron chi connectivity index (χ2n) is 5.42. The molecule has 110 valence electrons. The van der Waals surface area contributed by atoms with Gasteiger partial charge in [-0.15, -0.1) is 0 Å². The van der Waals surface area contributed by atoms with E-state index in [-0.39, 0.29) is 5.78 Å². The van der Waals surface area contributed by atoms with Crippen LogP contribution in [0.5, 0.6) is 0 Å². The van der Waals surface area contributed by atoms with Crippen LogP contribution in [0.25, 0.3) is 0 Å². The topological polar surface area (TPSA) is 72.4 Å². The van der Waals surface area contributed by atoms with Gasteiger partial charge < -0.3 is 14.1 Å². The van der Waals surface area contributed by atoms with Crippen LogP contribution in [-0.2, 0) is 11.3 Å². The molecule has 0 aromatic carbocycles. The number of hydrogen-bond acceptors (Lipinski definition) is 3. The number of carbonyl (C=O) groups excluding carboxylic acids is 1. The normalized spacial score (nSPS) is 18.0. The number of carboxylic acid groups (broad SMARTS) is 1. The molecule has 0 saturated carbocycles. The molecule has 2 aromatic rings. The van der Waals surface area contributed by atoms with Gasteiger partial charge in [-0.25, -0.2) is 0 Å². The van der Waals surface area contributed by atoms with E-state index in [9.17, 15) is 14.7 Å². The molecule has 0 spiro atoms. The van der Waals surface area contributed by atoms with Crippen LogP contribution in [0, 0.1) is 6.92 Å². The number of carbonyl (C=O) groups is 2. The van der Waals surface area contributed by atoms with Crippen LogP contribution in [0.1, 0.15) is 52.9 Å². The summed E-state index contributed by atoms with van der Waals surface area (Å²) in [5.41, 5.74) is 1.22. The van der Waals surface area contributed by atoms with Gasteiger partial charge in [-0.1, -0.05) is 6.42 Å². The van der Waals surface area contributed by atoms with E-state index in [1.54, 1.807) is 31.2 Å². The zero-order chi connectivity index (χ0) is 15.0. The Morgan fingerprint density at radius 1 is 1.24 bits per heavy atom. The van der Waals surface area contributed by atoms with E-state index in [0.717, 1.165) is 12.8 Å². The molecule has 5 heteroatoms. The van der Waals surface area contributed by atoms with Crippen molar-refractivity contribution in [1.82, 2.24) is 4.57 Å². The van der Waals surface area contributed by atoms with Crippen LogP contribution in [0.3, 0.4) is 0 Å². The fourth-order valence-corrected chi connectivity index (χ4v) is 2.93. The van der Waals surface area contributed by atoms with E-state index < -0.39 is 11.9 Å². The Morgan fingerprint density at radius 2 is 2.05 bits per heavy atom. The van der Waals surface area contributed by atoms with Gasteiger partial charge in [0, 0.05) is 12.2 Å². The van der Waals surface area contributed by atoms with Crippen molar-refractivity contribution in [2.24, 2.45) is 0 Å². The van der Waals surface area contributed by atoms with Gasteiger partial charge in [-0.3, -0.25) is 9.59 Å². The van der Waals surface area contributed by atoms with Gasteiger partial charge in [0.15, 0.2) is 5.76 Å². The summed E-state index contributed by atoms with van der Waals surface area (Å²) < 4.78 is 7.23. The molecule has 0 saturated heterocycles. The van der Waals surface area contributed by atoms with Crippen LogP contribution in [0.4, 0.5) is 0 Å². The summed E-state index contributed by atoms with van der Waals surface area (Å²) in [7, 11) is 0. The highest BCUT2D eigenvalue weighted by atomic mass is 16.4. The lowest BCUT2D eigenvalue weighted by atomic mass is 10.0. The van der Waals surface area contributed by atoms with Gasteiger partial charge in [-0.2, -0.15) is 0 Å². The van der Waals surface area contributed by atoms with Crippen molar-refractivity contribution < 1.29 is 19.1 Å². The maximum absolute atomic E-state index is 12.5. The highest BCUT2D eigenvalue weighted by molar-refractivity contribution is 6.06. The van der Waals surface area contributed by atoms with Crippen LogP contribution in [-0.4, -0.2) is 21.4 Å². The molecule has 0 radical (unpaired) electrons. The smallest absolute Gasteiger partial charge is 0.312 e. The summed E-state index contributed by atoms with van der Waals surface area (Å²) in [6.07, 6.45) is 2.35. The van der Waals surface area contributed by atoms with Crippen molar-refractivity contribution in [3.8, 4) is 0 Å². The summed E-state index contributed by atoms with van der Waals surface area (Å²) in [5, 5.41) is 9.36. The van der Waals surface area contributed by atoms with Crippen molar-refractivity contribution in [2.75, 3.05) is 0 Å². The van der Waals surface area contributed by atoms with E-state index in [1.807, 2.05) is 4.57 Å². The Kier molecular flexibility index (Phi) is 3.41. The third kappa shape index (κ3) is 2.39. The third-order valence-electron chi connectivity index (χ3n) is 3.99. The number of aliphatic carboxylic acids is 1. The SMILES string of the molecule is Cc1ccc(C(=O)c2ccc3n2CCCCC3C(=O)O)o1. The Bertz CT molecular complexity index is 695.